The topological polar surface area (TPSA) is 75.2 Å². The van der Waals surface area contributed by atoms with Crippen molar-refractivity contribution in [3.8, 4) is 0 Å². The van der Waals surface area contributed by atoms with Gasteiger partial charge in [0.2, 0.25) is 0 Å². The third kappa shape index (κ3) is 3.00. The third-order valence-corrected chi connectivity index (χ3v) is 4.93. The molecular weight excluding hydrogens is 316 g/mol. The van der Waals surface area contributed by atoms with E-state index in [0.29, 0.717) is 5.41 Å². The van der Waals surface area contributed by atoms with Crippen LogP contribution in [0.25, 0.3) is 0 Å². The molecule has 0 saturated carbocycles. The highest BCUT2D eigenvalue weighted by Crippen LogP contribution is 2.40. The van der Waals surface area contributed by atoms with Gasteiger partial charge >= 0.3 is 0 Å². The predicted octanol–water partition coefficient (Wildman–Crippen LogP) is 2.79. The van der Waals surface area contributed by atoms with Crippen LogP contribution < -0.4 is 15.5 Å². The first kappa shape index (κ1) is 16.1. The molecule has 2 saturated heterocycles. The molecule has 1 spiro atoms. The third-order valence-electron chi connectivity index (χ3n) is 4.93. The molecule has 0 radical (unpaired) electrons. The molecule has 5 rings (SSSR count). The van der Waals surface area contributed by atoms with Gasteiger partial charge in [-0.2, -0.15) is 0 Å². The molecule has 2 aromatic rings. The number of hydrogen-bond donors (Lipinski definition) is 2. The first-order chi connectivity index (χ1) is 12.3. The van der Waals surface area contributed by atoms with Crippen molar-refractivity contribution in [2.24, 2.45) is 5.41 Å². The number of anilines is 4. The van der Waals surface area contributed by atoms with Crippen molar-refractivity contribution in [3.63, 3.8) is 0 Å². The van der Waals surface area contributed by atoms with E-state index in [1.165, 1.54) is 5.56 Å². The van der Waals surface area contributed by atoms with E-state index < -0.39 is 0 Å². The molecule has 0 atom stereocenters. The highest BCUT2D eigenvalue weighted by atomic mass is 16.5. The number of rotatable bonds is 3. The Balaban J connectivity index is 0.000000758. The summed E-state index contributed by atoms with van der Waals surface area (Å²) in [5, 5.41) is 6.51. The van der Waals surface area contributed by atoms with Gasteiger partial charge in [-0.05, 0) is 6.42 Å². The molecule has 3 aliphatic heterocycles. The van der Waals surface area contributed by atoms with Crippen LogP contribution in [0.1, 0.15) is 25.8 Å². The minimum atomic E-state index is 0.355. The molecular formula is C18H24N6O. The molecule has 7 nitrogen and oxygen atoms in total. The number of fused-ring (bicyclic) bond motifs is 1. The largest absolute Gasteiger partial charge is 0.381 e. The molecule has 3 aliphatic rings. The van der Waals surface area contributed by atoms with Crippen LogP contribution >= 0.6 is 0 Å². The normalized spacial score (nSPS) is 19.0. The second-order valence-corrected chi connectivity index (χ2v) is 6.63. The molecule has 5 heterocycles. The van der Waals surface area contributed by atoms with Crippen molar-refractivity contribution in [2.45, 2.75) is 26.8 Å². The fraction of sp³-hybridized carbons (Fsp3) is 0.500. The van der Waals surface area contributed by atoms with Gasteiger partial charge in [0.1, 0.15) is 23.8 Å². The molecule has 0 amide bonds. The maximum absolute atomic E-state index is 5.53. The van der Waals surface area contributed by atoms with E-state index >= 15 is 0 Å². The highest BCUT2D eigenvalue weighted by Gasteiger charge is 2.46. The summed E-state index contributed by atoms with van der Waals surface area (Å²) >= 11 is 0. The van der Waals surface area contributed by atoms with E-state index in [4.69, 9.17) is 4.74 Å². The van der Waals surface area contributed by atoms with Gasteiger partial charge in [0, 0.05) is 61.2 Å². The summed E-state index contributed by atoms with van der Waals surface area (Å²) in [4.78, 5) is 15.4. The second-order valence-electron chi connectivity index (χ2n) is 6.63. The van der Waals surface area contributed by atoms with Crippen molar-refractivity contribution in [2.75, 3.05) is 41.8 Å². The molecule has 2 fully saturated rings. The summed E-state index contributed by atoms with van der Waals surface area (Å²) in [6.45, 7) is 8.71. The SMILES string of the molecule is CC.c1nc(Nc2cc3c(cn2)CN3)cc(N2CC3(CCOC3)C2)n1. The fourth-order valence-corrected chi connectivity index (χ4v) is 3.49. The lowest BCUT2D eigenvalue weighted by atomic mass is 9.79. The number of ether oxygens (including phenoxy) is 1. The fourth-order valence-electron chi connectivity index (χ4n) is 3.49. The molecule has 132 valence electrons. The molecule has 0 unspecified atom stereocenters. The van der Waals surface area contributed by atoms with Crippen LogP contribution in [0.3, 0.4) is 0 Å². The Bertz CT molecular complexity index is 751. The van der Waals surface area contributed by atoms with E-state index in [1.54, 1.807) is 6.33 Å². The number of nitrogens with zero attached hydrogens (tertiary/aromatic N) is 4. The molecule has 25 heavy (non-hydrogen) atoms. The van der Waals surface area contributed by atoms with E-state index in [9.17, 15) is 0 Å². The Labute approximate surface area is 147 Å². The monoisotopic (exact) mass is 340 g/mol. The summed E-state index contributed by atoms with van der Waals surface area (Å²) in [5.74, 6) is 2.53. The van der Waals surface area contributed by atoms with Crippen LogP contribution in [0.5, 0.6) is 0 Å². The predicted molar refractivity (Wildman–Crippen MR) is 98.3 cm³/mol. The molecule has 2 aromatic heterocycles. The Morgan fingerprint density at radius 2 is 2.00 bits per heavy atom. The van der Waals surface area contributed by atoms with Gasteiger partial charge < -0.3 is 20.3 Å². The average Bonchev–Trinajstić information content (AvgIpc) is 3.08. The Morgan fingerprint density at radius 1 is 1.16 bits per heavy atom. The van der Waals surface area contributed by atoms with E-state index in [2.05, 4.69) is 30.5 Å². The summed E-state index contributed by atoms with van der Waals surface area (Å²) in [5.41, 5.74) is 2.75. The van der Waals surface area contributed by atoms with Gasteiger partial charge in [-0.25, -0.2) is 15.0 Å². The maximum atomic E-state index is 5.53. The number of pyridine rings is 1. The number of aromatic nitrogens is 3. The molecule has 0 aromatic carbocycles. The van der Waals surface area contributed by atoms with Crippen LogP contribution in [-0.2, 0) is 11.3 Å². The first-order valence-electron chi connectivity index (χ1n) is 8.94. The highest BCUT2D eigenvalue weighted by molar-refractivity contribution is 5.66. The summed E-state index contributed by atoms with van der Waals surface area (Å²) in [6, 6.07) is 3.99. The van der Waals surface area contributed by atoms with Crippen LogP contribution in [0.2, 0.25) is 0 Å². The van der Waals surface area contributed by atoms with E-state index in [1.807, 2.05) is 32.2 Å². The van der Waals surface area contributed by atoms with Gasteiger partial charge in [-0.1, -0.05) is 13.8 Å². The Kier molecular flexibility index (Phi) is 4.17. The zero-order chi connectivity index (χ0) is 17.3. The van der Waals surface area contributed by atoms with Gasteiger partial charge in [0.05, 0.1) is 6.61 Å². The maximum Gasteiger partial charge on any atom is 0.137 e. The van der Waals surface area contributed by atoms with Crippen LogP contribution in [0.4, 0.5) is 23.1 Å². The molecule has 2 N–H and O–H groups in total. The zero-order valence-electron chi connectivity index (χ0n) is 14.7. The van der Waals surface area contributed by atoms with Crippen molar-refractivity contribution in [3.05, 3.63) is 30.2 Å². The van der Waals surface area contributed by atoms with E-state index in [-0.39, 0.29) is 0 Å². The van der Waals surface area contributed by atoms with Crippen molar-refractivity contribution in [1.29, 1.82) is 0 Å². The molecule has 7 heteroatoms. The van der Waals surface area contributed by atoms with E-state index in [0.717, 1.165) is 62.4 Å². The lowest BCUT2D eigenvalue weighted by Crippen LogP contribution is -2.57. The smallest absolute Gasteiger partial charge is 0.137 e. The molecule has 0 bridgehead atoms. The molecule has 0 aliphatic carbocycles. The minimum Gasteiger partial charge on any atom is -0.381 e. The zero-order valence-corrected chi connectivity index (χ0v) is 14.7. The van der Waals surface area contributed by atoms with Crippen molar-refractivity contribution in [1.82, 2.24) is 15.0 Å². The average molecular weight is 340 g/mol. The summed E-state index contributed by atoms with van der Waals surface area (Å²) in [6.07, 6.45) is 4.66. The van der Waals surface area contributed by atoms with Gasteiger partial charge in [-0.15, -0.1) is 0 Å². The van der Waals surface area contributed by atoms with Crippen molar-refractivity contribution < 1.29 is 4.74 Å². The lowest BCUT2D eigenvalue weighted by Gasteiger charge is -2.47. The van der Waals surface area contributed by atoms with Gasteiger partial charge in [0.15, 0.2) is 0 Å². The quantitative estimate of drug-likeness (QED) is 0.890. The Hall–Kier alpha value is -2.41. The number of hydrogen-bond acceptors (Lipinski definition) is 7. The Morgan fingerprint density at radius 3 is 2.68 bits per heavy atom. The van der Waals surface area contributed by atoms with Crippen LogP contribution in [0, 0.1) is 5.41 Å². The second kappa shape index (κ2) is 6.48. The minimum absolute atomic E-state index is 0.355. The lowest BCUT2D eigenvalue weighted by molar-refractivity contribution is 0.131. The van der Waals surface area contributed by atoms with Gasteiger partial charge in [0.25, 0.3) is 0 Å². The van der Waals surface area contributed by atoms with Crippen LogP contribution in [0.15, 0.2) is 24.7 Å². The van der Waals surface area contributed by atoms with Crippen molar-refractivity contribution >= 4 is 23.1 Å². The van der Waals surface area contributed by atoms with Gasteiger partial charge in [-0.3, -0.25) is 0 Å². The summed E-state index contributed by atoms with van der Waals surface area (Å²) in [7, 11) is 0. The first-order valence-corrected chi connectivity index (χ1v) is 8.94. The number of nitrogens with one attached hydrogen (secondary N) is 2. The summed E-state index contributed by atoms with van der Waals surface area (Å²) < 4.78 is 5.53. The van der Waals surface area contributed by atoms with Crippen LogP contribution in [-0.4, -0.2) is 41.3 Å². The standard InChI is InChI=1S/C16H18N6O.C2H6/c1-2-23-9-16(1)7-22(8-16)15-4-14(19-10-20-15)21-13-3-12-11(5-17-12)6-18-13;1-2/h3-4,6,10,17H,1-2,5,7-9H2,(H,18,19,20,21);1-2H3.